The highest BCUT2D eigenvalue weighted by Crippen LogP contribution is 2.40. The van der Waals surface area contributed by atoms with Gasteiger partial charge in [0.1, 0.15) is 0 Å². The van der Waals surface area contributed by atoms with Gasteiger partial charge in [0.15, 0.2) is 0 Å². The lowest BCUT2D eigenvalue weighted by Gasteiger charge is -2.28. The Hall–Kier alpha value is -0.0800. The Morgan fingerprint density at radius 1 is 1.18 bits per heavy atom. The first-order valence-corrected chi connectivity index (χ1v) is 4.76. The Bertz CT molecular complexity index is 152. The van der Waals surface area contributed by atoms with Crippen LogP contribution in [0.2, 0.25) is 0 Å². The Morgan fingerprint density at radius 2 is 1.82 bits per heavy atom. The van der Waals surface area contributed by atoms with Crippen LogP contribution >= 0.6 is 0 Å². The number of hydrogen-bond acceptors (Lipinski definition) is 2. The molecule has 3 aliphatic rings. The largest absolute Gasteiger partial charge is 0.372 e. The summed E-state index contributed by atoms with van der Waals surface area (Å²) >= 11 is 0. The standard InChI is InChI=1S/C9H15NO/c1-2-8-4-10(3-7(1)8)5-9-6-11-9/h7-9H,1-6H2. The number of epoxide rings is 1. The molecule has 2 heterocycles. The summed E-state index contributed by atoms with van der Waals surface area (Å²) in [6.45, 7) is 4.97. The fourth-order valence-corrected chi connectivity index (χ4v) is 2.47. The summed E-state index contributed by atoms with van der Waals surface area (Å²) in [7, 11) is 0. The van der Waals surface area contributed by atoms with E-state index in [0.717, 1.165) is 18.4 Å². The van der Waals surface area contributed by atoms with Crippen molar-refractivity contribution >= 4 is 0 Å². The van der Waals surface area contributed by atoms with Gasteiger partial charge in [-0.3, -0.25) is 0 Å². The molecule has 2 nitrogen and oxygen atoms in total. The number of ether oxygens (including phenoxy) is 1. The first-order valence-electron chi connectivity index (χ1n) is 4.76. The first kappa shape index (κ1) is 6.44. The van der Waals surface area contributed by atoms with Gasteiger partial charge in [-0.05, 0) is 24.7 Å². The van der Waals surface area contributed by atoms with Gasteiger partial charge in [0, 0.05) is 19.6 Å². The van der Waals surface area contributed by atoms with Crippen LogP contribution in [0, 0.1) is 11.8 Å². The Labute approximate surface area is 67.5 Å². The highest BCUT2D eigenvalue weighted by Gasteiger charge is 2.40. The van der Waals surface area contributed by atoms with E-state index in [1.165, 1.54) is 32.5 Å². The molecule has 3 rings (SSSR count). The zero-order valence-corrected chi connectivity index (χ0v) is 6.83. The van der Waals surface area contributed by atoms with E-state index in [1.807, 2.05) is 0 Å². The maximum Gasteiger partial charge on any atom is 0.0936 e. The quantitative estimate of drug-likeness (QED) is 0.543. The Morgan fingerprint density at radius 3 is 2.27 bits per heavy atom. The summed E-state index contributed by atoms with van der Waals surface area (Å²) < 4.78 is 5.22. The van der Waals surface area contributed by atoms with Crippen LogP contribution < -0.4 is 0 Å². The third-order valence-electron chi connectivity index (χ3n) is 3.42. The lowest BCUT2D eigenvalue weighted by atomic mass is 9.77. The summed E-state index contributed by atoms with van der Waals surface area (Å²) in [6, 6.07) is 0. The summed E-state index contributed by atoms with van der Waals surface area (Å²) in [5, 5.41) is 0. The van der Waals surface area contributed by atoms with Gasteiger partial charge >= 0.3 is 0 Å². The molecule has 3 atom stereocenters. The van der Waals surface area contributed by atoms with E-state index in [9.17, 15) is 0 Å². The second-order valence-electron chi connectivity index (χ2n) is 4.27. The molecule has 0 N–H and O–H groups in total. The topological polar surface area (TPSA) is 15.8 Å². The zero-order chi connectivity index (χ0) is 7.26. The minimum absolute atomic E-state index is 0.604. The fraction of sp³-hybridized carbons (Fsp3) is 1.00. The molecule has 0 aromatic rings. The number of likely N-dealkylation sites (tertiary alicyclic amines) is 1. The van der Waals surface area contributed by atoms with Gasteiger partial charge in [0.25, 0.3) is 0 Å². The van der Waals surface area contributed by atoms with Crippen molar-refractivity contribution in [3.63, 3.8) is 0 Å². The molecule has 0 spiro atoms. The van der Waals surface area contributed by atoms with E-state index in [0.29, 0.717) is 6.10 Å². The van der Waals surface area contributed by atoms with Crippen LogP contribution in [-0.2, 0) is 4.74 Å². The van der Waals surface area contributed by atoms with E-state index >= 15 is 0 Å². The second kappa shape index (κ2) is 2.20. The van der Waals surface area contributed by atoms with Gasteiger partial charge in [-0.15, -0.1) is 0 Å². The van der Waals surface area contributed by atoms with Gasteiger partial charge in [-0.2, -0.15) is 0 Å². The van der Waals surface area contributed by atoms with Crippen molar-refractivity contribution in [3.8, 4) is 0 Å². The number of fused-ring (bicyclic) bond motifs is 1. The minimum atomic E-state index is 0.604. The molecular formula is C9H15NO. The summed E-state index contributed by atoms with van der Waals surface area (Å²) in [5.74, 6) is 2.13. The predicted molar refractivity (Wildman–Crippen MR) is 42.4 cm³/mol. The van der Waals surface area contributed by atoms with E-state index < -0.39 is 0 Å². The van der Waals surface area contributed by atoms with Crippen LogP contribution in [0.3, 0.4) is 0 Å². The van der Waals surface area contributed by atoms with Crippen LogP contribution in [0.5, 0.6) is 0 Å². The van der Waals surface area contributed by atoms with E-state index in [1.54, 1.807) is 0 Å². The van der Waals surface area contributed by atoms with Gasteiger partial charge < -0.3 is 9.64 Å². The molecule has 3 fully saturated rings. The van der Waals surface area contributed by atoms with Crippen molar-refractivity contribution in [1.29, 1.82) is 0 Å². The molecule has 0 aromatic carbocycles. The lowest BCUT2D eigenvalue weighted by Crippen LogP contribution is -2.25. The average Bonchev–Trinajstić information content (AvgIpc) is 2.71. The summed E-state index contributed by atoms with van der Waals surface area (Å²) in [5.41, 5.74) is 0. The van der Waals surface area contributed by atoms with Gasteiger partial charge in [-0.1, -0.05) is 0 Å². The van der Waals surface area contributed by atoms with Gasteiger partial charge in [0.05, 0.1) is 12.7 Å². The Balaban J connectivity index is 1.55. The van der Waals surface area contributed by atoms with Crippen molar-refractivity contribution in [1.82, 2.24) is 4.90 Å². The van der Waals surface area contributed by atoms with Crippen LogP contribution in [0.25, 0.3) is 0 Å². The third kappa shape index (κ3) is 1.09. The smallest absolute Gasteiger partial charge is 0.0936 e. The summed E-state index contributed by atoms with van der Waals surface area (Å²) in [6.07, 6.45) is 3.59. The van der Waals surface area contributed by atoms with Crippen LogP contribution in [0.15, 0.2) is 0 Å². The molecular weight excluding hydrogens is 138 g/mol. The molecule has 62 valence electrons. The van der Waals surface area contributed by atoms with Gasteiger partial charge in [0.2, 0.25) is 0 Å². The van der Waals surface area contributed by atoms with Crippen LogP contribution in [-0.4, -0.2) is 37.2 Å². The molecule has 2 aliphatic heterocycles. The SMILES string of the molecule is C1OC1CN1CC2CCC2C1. The lowest BCUT2D eigenvalue weighted by molar-refractivity contribution is 0.243. The summed E-state index contributed by atoms with van der Waals surface area (Å²) in [4.78, 5) is 2.60. The maximum absolute atomic E-state index is 5.22. The zero-order valence-electron chi connectivity index (χ0n) is 6.83. The molecule has 1 saturated carbocycles. The molecule has 0 radical (unpaired) electrons. The number of hydrogen-bond donors (Lipinski definition) is 0. The molecule has 3 unspecified atom stereocenters. The van der Waals surface area contributed by atoms with Crippen molar-refractivity contribution < 1.29 is 4.74 Å². The van der Waals surface area contributed by atoms with Crippen molar-refractivity contribution in [2.45, 2.75) is 18.9 Å². The third-order valence-corrected chi connectivity index (χ3v) is 3.42. The number of rotatable bonds is 2. The normalized spacial score (nSPS) is 48.5. The fourth-order valence-electron chi connectivity index (χ4n) is 2.47. The van der Waals surface area contributed by atoms with Crippen molar-refractivity contribution in [2.75, 3.05) is 26.2 Å². The Kier molecular flexibility index (Phi) is 1.29. The monoisotopic (exact) mass is 153 g/mol. The highest BCUT2D eigenvalue weighted by atomic mass is 16.6. The molecule has 0 bridgehead atoms. The minimum Gasteiger partial charge on any atom is -0.372 e. The first-order chi connectivity index (χ1) is 5.42. The van der Waals surface area contributed by atoms with Crippen molar-refractivity contribution in [3.05, 3.63) is 0 Å². The highest BCUT2D eigenvalue weighted by molar-refractivity contribution is 4.92. The molecule has 2 saturated heterocycles. The second-order valence-corrected chi connectivity index (χ2v) is 4.27. The molecule has 0 amide bonds. The molecule has 2 heteroatoms. The molecule has 11 heavy (non-hydrogen) atoms. The van der Waals surface area contributed by atoms with Crippen LogP contribution in [0.4, 0.5) is 0 Å². The average molecular weight is 153 g/mol. The van der Waals surface area contributed by atoms with E-state index in [-0.39, 0.29) is 0 Å². The van der Waals surface area contributed by atoms with Crippen LogP contribution in [0.1, 0.15) is 12.8 Å². The molecule has 0 aromatic heterocycles. The molecule has 1 aliphatic carbocycles. The van der Waals surface area contributed by atoms with E-state index in [2.05, 4.69) is 4.90 Å². The predicted octanol–water partition coefficient (Wildman–Crippen LogP) is 0.727. The maximum atomic E-state index is 5.22. The van der Waals surface area contributed by atoms with Gasteiger partial charge in [-0.25, -0.2) is 0 Å². The number of nitrogens with zero attached hydrogens (tertiary/aromatic N) is 1. The van der Waals surface area contributed by atoms with E-state index in [4.69, 9.17) is 4.74 Å². The van der Waals surface area contributed by atoms with Crippen molar-refractivity contribution in [2.24, 2.45) is 11.8 Å².